The second-order valence-corrected chi connectivity index (χ2v) is 6.62. The number of allylic oxidation sites excluding steroid dienone is 1. The lowest BCUT2D eigenvalue weighted by Gasteiger charge is -2.34. The van der Waals surface area contributed by atoms with Crippen LogP contribution < -0.4 is 4.90 Å². The van der Waals surface area contributed by atoms with Crippen LogP contribution in [0.3, 0.4) is 0 Å². The summed E-state index contributed by atoms with van der Waals surface area (Å²) in [4.78, 5) is 12.5. The maximum atomic E-state index is 9.70. The van der Waals surface area contributed by atoms with Crippen molar-refractivity contribution in [3.05, 3.63) is 59.9 Å². The summed E-state index contributed by atoms with van der Waals surface area (Å²) < 4.78 is 0. The SMILES string of the molecule is CN1CCN(c2ccccc2/C=C(\C#N)c2nc3ccccc3[nH]2)CC1. The molecular formula is C21H21N5. The summed E-state index contributed by atoms with van der Waals surface area (Å²) in [7, 11) is 2.15. The van der Waals surface area contributed by atoms with Gasteiger partial charge < -0.3 is 14.8 Å². The van der Waals surface area contributed by atoms with Crippen molar-refractivity contribution in [1.29, 1.82) is 5.26 Å². The molecule has 3 aromatic rings. The molecule has 1 N–H and O–H groups in total. The number of anilines is 1. The number of imidazole rings is 1. The van der Waals surface area contributed by atoms with Gasteiger partial charge >= 0.3 is 0 Å². The number of aromatic amines is 1. The van der Waals surface area contributed by atoms with Crippen LogP contribution in [0.4, 0.5) is 5.69 Å². The summed E-state index contributed by atoms with van der Waals surface area (Å²) in [6.07, 6.45) is 1.94. The maximum absolute atomic E-state index is 9.70. The van der Waals surface area contributed by atoms with Crippen LogP contribution in [-0.2, 0) is 0 Å². The number of aromatic nitrogens is 2. The number of likely N-dealkylation sites (N-methyl/N-ethyl adjacent to an activating group) is 1. The minimum Gasteiger partial charge on any atom is -0.368 e. The van der Waals surface area contributed by atoms with Gasteiger partial charge in [-0.2, -0.15) is 5.26 Å². The standard InChI is InChI=1S/C21H21N5/c1-25-10-12-26(13-11-25)20-9-5-2-6-16(20)14-17(15-22)21-23-18-7-3-4-8-19(18)24-21/h2-9,14H,10-13H2,1H3,(H,23,24)/b17-14+. The van der Waals surface area contributed by atoms with E-state index in [0.29, 0.717) is 11.4 Å². The molecule has 4 rings (SSSR count). The molecule has 1 aliphatic heterocycles. The van der Waals surface area contributed by atoms with Crippen LogP contribution in [0.1, 0.15) is 11.4 Å². The molecule has 0 bridgehead atoms. The molecule has 0 spiro atoms. The van der Waals surface area contributed by atoms with Crippen LogP contribution in [0, 0.1) is 11.3 Å². The third-order valence-electron chi connectivity index (χ3n) is 4.85. The van der Waals surface area contributed by atoms with Gasteiger partial charge in [-0.3, -0.25) is 0 Å². The molecule has 0 atom stereocenters. The number of fused-ring (bicyclic) bond motifs is 1. The van der Waals surface area contributed by atoms with Crippen LogP contribution in [0.5, 0.6) is 0 Å². The van der Waals surface area contributed by atoms with Gasteiger partial charge in [0.05, 0.1) is 16.6 Å². The van der Waals surface area contributed by atoms with E-state index in [4.69, 9.17) is 0 Å². The number of H-pyrrole nitrogens is 1. The molecule has 5 nitrogen and oxygen atoms in total. The van der Waals surface area contributed by atoms with Gasteiger partial charge in [0, 0.05) is 31.9 Å². The highest BCUT2D eigenvalue weighted by molar-refractivity contribution is 5.92. The number of benzene rings is 2. The fourth-order valence-electron chi connectivity index (χ4n) is 3.33. The number of rotatable bonds is 3. The first-order valence-electron chi connectivity index (χ1n) is 8.84. The average Bonchev–Trinajstić information content (AvgIpc) is 3.11. The van der Waals surface area contributed by atoms with E-state index in [2.05, 4.69) is 51.1 Å². The third kappa shape index (κ3) is 3.19. The molecular weight excluding hydrogens is 322 g/mol. The largest absolute Gasteiger partial charge is 0.368 e. The molecule has 5 heteroatoms. The van der Waals surface area contributed by atoms with E-state index < -0.39 is 0 Å². The van der Waals surface area contributed by atoms with E-state index >= 15 is 0 Å². The Labute approximate surface area is 153 Å². The monoisotopic (exact) mass is 343 g/mol. The van der Waals surface area contributed by atoms with Crippen molar-refractivity contribution < 1.29 is 0 Å². The van der Waals surface area contributed by atoms with Crippen LogP contribution >= 0.6 is 0 Å². The highest BCUT2D eigenvalue weighted by atomic mass is 15.2. The number of nitrogens with zero attached hydrogens (tertiary/aromatic N) is 4. The zero-order chi connectivity index (χ0) is 17.9. The topological polar surface area (TPSA) is 58.9 Å². The molecule has 0 saturated carbocycles. The van der Waals surface area contributed by atoms with E-state index in [1.807, 2.05) is 36.4 Å². The summed E-state index contributed by atoms with van der Waals surface area (Å²) in [6, 6.07) is 18.4. The predicted molar refractivity (Wildman–Crippen MR) is 106 cm³/mol. The maximum Gasteiger partial charge on any atom is 0.149 e. The highest BCUT2D eigenvalue weighted by Gasteiger charge is 2.17. The Morgan fingerprint density at radius 2 is 1.81 bits per heavy atom. The molecule has 1 saturated heterocycles. The van der Waals surface area contributed by atoms with Gasteiger partial charge in [-0.1, -0.05) is 30.3 Å². The zero-order valence-corrected chi connectivity index (χ0v) is 14.8. The van der Waals surface area contributed by atoms with Gasteiger partial charge in [-0.05, 0) is 36.9 Å². The molecule has 0 unspecified atom stereocenters. The first kappa shape index (κ1) is 16.4. The fraction of sp³-hybridized carbons (Fsp3) is 0.238. The Balaban J connectivity index is 1.71. The Morgan fingerprint density at radius 3 is 2.58 bits per heavy atom. The van der Waals surface area contributed by atoms with Crippen LogP contribution in [0.2, 0.25) is 0 Å². The molecule has 1 aliphatic rings. The Kier molecular flexibility index (Phi) is 4.42. The Hall–Kier alpha value is -3.10. The Morgan fingerprint density at radius 1 is 1.08 bits per heavy atom. The van der Waals surface area contributed by atoms with Crippen molar-refractivity contribution in [3.63, 3.8) is 0 Å². The fourth-order valence-corrected chi connectivity index (χ4v) is 3.33. The number of para-hydroxylation sites is 3. The minimum atomic E-state index is 0.544. The van der Waals surface area contributed by atoms with Gasteiger partial charge in [0.2, 0.25) is 0 Å². The average molecular weight is 343 g/mol. The Bertz CT molecular complexity index is 954. The highest BCUT2D eigenvalue weighted by Crippen LogP contribution is 2.26. The number of hydrogen-bond acceptors (Lipinski definition) is 4. The normalized spacial score (nSPS) is 16.0. The lowest BCUT2D eigenvalue weighted by atomic mass is 10.1. The molecule has 2 heterocycles. The van der Waals surface area contributed by atoms with Gasteiger partial charge in [-0.25, -0.2) is 4.98 Å². The minimum absolute atomic E-state index is 0.544. The molecule has 1 aromatic heterocycles. The molecule has 0 radical (unpaired) electrons. The van der Waals surface area contributed by atoms with Gasteiger partial charge in [0.15, 0.2) is 0 Å². The lowest BCUT2D eigenvalue weighted by Crippen LogP contribution is -2.44. The van der Waals surface area contributed by atoms with Crippen LogP contribution in [-0.4, -0.2) is 48.1 Å². The molecule has 1 fully saturated rings. The summed E-state index contributed by atoms with van der Waals surface area (Å²) in [5.41, 5.74) is 4.58. The smallest absolute Gasteiger partial charge is 0.149 e. The van der Waals surface area contributed by atoms with E-state index in [0.717, 1.165) is 42.8 Å². The summed E-state index contributed by atoms with van der Waals surface area (Å²) in [5.74, 6) is 0.613. The van der Waals surface area contributed by atoms with E-state index in [9.17, 15) is 5.26 Å². The summed E-state index contributed by atoms with van der Waals surface area (Å²) in [5, 5.41) is 9.70. The third-order valence-corrected chi connectivity index (χ3v) is 4.85. The van der Waals surface area contributed by atoms with E-state index in [1.165, 1.54) is 5.69 Å². The van der Waals surface area contributed by atoms with Crippen molar-refractivity contribution >= 4 is 28.4 Å². The lowest BCUT2D eigenvalue weighted by molar-refractivity contribution is 0.313. The molecule has 0 amide bonds. The first-order valence-corrected chi connectivity index (χ1v) is 8.84. The number of nitriles is 1. The molecule has 26 heavy (non-hydrogen) atoms. The van der Waals surface area contributed by atoms with E-state index in [-0.39, 0.29) is 0 Å². The van der Waals surface area contributed by atoms with Crippen LogP contribution in [0.15, 0.2) is 48.5 Å². The first-order chi connectivity index (χ1) is 12.7. The quantitative estimate of drug-likeness (QED) is 0.741. The summed E-state index contributed by atoms with van der Waals surface area (Å²) >= 11 is 0. The van der Waals surface area contributed by atoms with Crippen molar-refractivity contribution in [2.75, 3.05) is 38.1 Å². The zero-order valence-electron chi connectivity index (χ0n) is 14.8. The van der Waals surface area contributed by atoms with Crippen molar-refractivity contribution in [3.8, 4) is 6.07 Å². The van der Waals surface area contributed by atoms with Crippen LogP contribution in [0.25, 0.3) is 22.7 Å². The predicted octanol–water partition coefficient (Wildman–Crippen LogP) is 3.38. The number of nitrogens with one attached hydrogen (secondary N) is 1. The second kappa shape index (κ2) is 7.03. The molecule has 2 aromatic carbocycles. The van der Waals surface area contributed by atoms with E-state index in [1.54, 1.807) is 0 Å². The summed E-state index contributed by atoms with van der Waals surface area (Å²) in [6.45, 7) is 4.08. The van der Waals surface area contributed by atoms with Crippen molar-refractivity contribution in [2.45, 2.75) is 0 Å². The number of hydrogen-bond donors (Lipinski definition) is 1. The van der Waals surface area contributed by atoms with Gasteiger partial charge in [0.1, 0.15) is 11.9 Å². The number of piperazine rings is 1. The van der Waals surface area contributed by atoms with Gasteiger partial charge in [0.25, 0.3) is 0 Å². The van der Waals surface area contributed by atoms with Crippen molar-refractivity contribution in [2.24, 2.45) is 0 Å². The molecule has 130 valence electrons. The van der Waals surface area contributed by atoms with Gasteiger partial charge in [-0.15, -0.1) is 0 Å². The second-order valence-electron chi connectivity index (χ2n) is 6.62. The molecule has 0 aliphatic carbocycles. The van der Waals surface area contributed by atoms with Crippen molar-refractivity contribution in [1.82, 2.24) is 14.9 Å².